The molecule has 0 saturated heterocycles. The molecule has 76 valence electrons. The van der Waals surface area contributed by atoms with Gasteiger partial charge < -0.3 is 5.32 Å². The molecule has 0 spiro atoms. The van der Waals surface area contributed by atoms with Gasteiger partial charge in [0.2, 0.25) is 6.41 Å². The number of amides is 1. The van der Waals surface area contributed by atoms with Crippen LogP contribution >= 0.6 is 12.8 Å². The number of nitrogens with zero attached hydrogens (tertiary/aromatic N) is 2. The second-order valence-corrected chi connectivity index (χ2v) is 3.37. The second-order valence-electron chi connectivity index (χ2n) is 2.94. The summed E-state index contributed by atoms with van der Waals surface area (Å²) in [5, 5.41) is 3.05. The fourth-order valence-corrected chi connectivity index (χ4v) is 1.34. The Morgan fingerprint density at radius 3 is 3.00 bits per heavy atom. The van der Waals surface area contributed by atoms with Crippen LogP contribution in [0.25, 0.3) is 0 Å². The third kappa shape index (κ3) is 2.02. The largest absolute Gasteiger partial charge is 0.358 e. The number of carbonyl (C=O) groups is 1. The van der Waals surface area contributed by atoms with Crippen LogP contribution in [-0.4, -0.2) is 16.9 Å². The molecule has 0 bridgehead atoms. The summed E-state index contributed by atoms with van der Waals surface area (Å²) >= 11 is 3.94. The van der Waals surface area contributed by atoms with Gasteiger partial charge in [-0.2, -0.15) is 0 Å². The molecule has 0 saturated carbocycles. The number of nitrogens with one attached hydrogen (secondary N) is 1. The molecule has 4 nitrogen and oxygen atoms in total. The van der Waals surface area contributed by atoms with Crippen LogP contribution in [0.5, 0.6) is 0 Å². The maximum atomic E-state index is 10.5. The van der Waals surface area contributed by atoms with Gasteiger partial charge in [-0.25, -0.2) is 9.30 Å². The van der Waals surface area contributed by atoms with Gasteiger partial charge in [0.05, 0.1) is 0 Å². The van der Waals surface area contributed by atoms with Crippen molar-refractivity contribution >= 4 is 31.1 Å². The second kappa shape index (κ2) is 4.18. The maximum Gasteiger partial charge on any atom is 0.225 e. The molecule has 1 aromatic carbocycles. The Bertz CT molecular complexity index is 442. The van der Waals surface area contributed by atoms with E-state index >= 15 is 0 Å². The molecular weight excluding hydrogens is 210 g/mol. The molecule has 2 rings (SSSR count). The van der Waals surface area contributed by atoms with Gasteiger partial charge in [-0.3, -0.25) is 4.79 Å². The number of rotatable bonds is 2. The number of carbonyl (C=O) groups excluding carboxylic acids is 1. The minimum absolute atomic E-state index is 0.449. The molecule has 0 radical (unpaired) electrons. The average molecular weight is 219 g/mol. The molecule has 0 unspecified atom stereocenters. The molecular formula is C10H9N3OS. The Morgan fingerprint density at radius 1 is 1.40 bits per heavy atom. The smallest absolute Gasteiger partial charge is 0.225 e. The molecule has 1 N–H and O–H groups in total. The fraction of sp³-hybridized carbons (Fsp3) is 0. The van der Waals surface area contributed by atoms with Crippen molar-refractivity contribution in [3.63, 3.8) is 0 Å². The Labute approximate surface area is 92.9 Å². The number of fused-ring (bicyclic) bond motifs is 1. The van der Waals surface area contributed by atoms with Crippen molar-refractivity contribution in [2.75, 3.05) is 5.32 Å². The summed E-state index contributed by atoms with van der Waals surface area (Å²) < 4.78 is 1.11. The van der Waals surface area contributed by atoms with Crippen molar-refractivity contribution in [3.05, 3.63) is 41.8 Å². The van der Waals surface area contributed by atoms with Gasteiger partial charge in [-0.05, 0) is 6.07 Å². The first-order chi connectivity index (χ1) is 7.31. The molecule has 1 aliphatic rings. The standard InChI is InChI=1S/C10H9N3OS/c14-7-13(15)10-6-11-9-4-2-1-3-8(9)5-12-10/h1-7,11,15H. The van der Waals surface area contributed by atoms with Gasteiger partial charge >= 0.3 is 0 Å². The van der Waals surface area contributed by atoms with E-state index in [1.54, 1.807) is 12.4 Å². The minimum atomic E-state index is 0.449. The summed E-state index contributed by atoms with van der Waals surface area (Å²) in [6, 6.07) is 7.73. The van der Waals surface area contributed by atoms with Gasteiger partial charge in [-0.15, -0.1) is 0 Å². The molecule has 1 aliphatic heterocycles. The summed E-state index contributed by atoms with van der Waals surface area (Å²) in [4.78, 5) is 14.6. The van der Waals surface area contributed by atoms with Crippen molar-refractivity contribution in [2.24, 2.45) is 4.99 Å². The zero-order valence-corrected chi connectivity index (χ0v) is 8.69. The van der Waals surface area contributed by atoms with Crippen LogP contribution in [-0.2, 0) is 4.79 Å². The molecule has 15 heavy (non-hydrogen) atoms. The highest BCUT2D eigenvalue weighted by Gasteiger charge is 2.06. The highest BCUT2D eigenvalue weighted by atomic mass is 32.1. The molecule has 0 aromatic heterocycles. The lowest BCUT2D eigenvalue weighted by atomic mass is 10.2. The van der Waals surface area contributed by atoms with E-state index in [9.17, 15) is 4.79 Å². The molecule has 0 aliphatic carbocycles. The van der Waals surface area contributed by atoms with Crippen LogP contribution in [0.2, 0.25) is 0 Å². The number of thiol groups is 1. The summed E-state index contributed by atoms with van der Waals surface area (Å²) in [6.45, 7) is 0. The van der Waals surface area contributed by atoms with Crippen molar-refractivity contribution < 1.29 is 4.79 Å². The summed E-state index contributed by atoms with van der Waals surface area (Å²) in [5.41, 5.74) is 1.92. The van der Waals surface area contributed by atoms with Gasteiger partial charge in [-0.1, -0.05) is 31.0 Å². The lowest BCUT2D eigenvalue weighted by Crippen LogP contribution is -2.08. The first kappa shape index (κ1) is 9.79. The Kier molecular flexibility index (Phi) is 2.73. The third-order valence-electron chi connectivity index (χ3n) is 1.99. The van der Waals surface area contributed by atoms with Crippen molar-refractivity contribution in [1.29, 1.82) is 0 Å². The average Bonchev–Trinajstić information content (AvgIpc) is 2.50. The lowest BCUT2D eigenvalue weighted by Gasteiger charge is -2.07. The summed E-state index contributed by atoms with van der Waals surface area (Å²) in [7, 11) is 0. The van der Waals surface area contributed by atoms with Crippen LogP contribution < -0.4 is 5.32 Å². The van der Waals surface area contributed by atoms with E-state index in [-0.39, 0.29) is 0 Å². The quantitative estimate of drug-likeness (QED) is 0.586. The molecule has 1 amide bonds. The predicted octanol–water partition coefficient (Wildman–Crippen LogP) is 1.63. The van der Waals surface area contributed by atoms with E-state index in [1.165, 1.54) is 0 Å². The number of para-hydroxylation sites is 1. The van der Waals surface area contributed by atoms with Gasteiger partial charge in [0, 0.05) is 23.7 Å². The van der Waals surface area contributed by atoms with E-state index < -0.39 is 0 Å². The van der Waals surface area contributed by atoms with Gasteiger partial charge in [0.15, 0.2) is 5.82 Å². The topological polar surface area (TPSA) is 44.7 Å². The normalized spacial score (nSPS) is 13.3. The van der Waals surface area contributed by atoms with Crippen LogP contribution in [0, 0.1) is 0 Å². The van der Waals surface area contributed by atoms with Crippen LogP contribution in [0.4, 0.5) is 5.69 Å². The zero-order chi connectivity index (χ0) is 10.7. The van der Waals surface area contributed by atoms with Crippen molar-refractivity contribution in [1.82, 2.24) is 4.31 Å². The first-order valence-electron chi connectivity index (χ1n) is 4.34. The van der Waals surface area contributed by atoms with E-state index in [4.69, 9.17) is 0 Å². The van der Waals surface area contributed by atoms with Crippen molar-refractivity contribution in [2.45, 2.75) is 0 Å². The molecule has 0 atom stereocenters. The van der Waals surface area contributed by atoms with E-state index in [0.29, 0.717) is 12.2 Å². The van der Waals surface area contributed by atoms with E-state index in [1.807, 2.05) is 24.3 Å². The predicted molar refractivity (Wildman–Crippen MR) is 62.6 cm³/mol. The van der Waals surface area contributed by atoms with Crippen molar-refractivity contribution in [3.8, 4) is 0 Å². The van der Waals surface area contributed by atoms with Crippen LogP contribution in [0.15, 0.2) is 41.3 Å². The third-order valence-corrected chi connectivity index (χ3v) is 2.29. The molecule has 0 fully saturated rings. The molecule has 1 aromatic rings. The van der Waals surface area contributed by atoms with Crippen LogP contribution in [0.1, 0.15) is 5.56 Å². The summed E-state index contributed by atoms with van der Waals surface area (Å²) in [5.74, 6) is 0.449. The number of aliphatic imine (C=N–C) groups is 1. The Morgan fingerprint density at radius 2 is 2.20 bits per heavy atom. The zero-order valence-electron chi connectivity index (χ0n) is 7.79. The van der Waals surface area contributed by atoms with E-state index in [2.05, 4.69) is 23.1 Å². The Balaban J connectivity index is 2.33. The van der Waals surface area contributed by atoms with Gasteiger partial charge in [0.1, 0.15) is 0 Å². The number of hydrogen-bond acceptors (Lipinski definition) is 4. The highest BCUT2D eigenvalue weighted by Crippen LogP contribution is 2.18. The Hall–Kier alpha value is -1.75. The highest BCUT2D eigenvalue weighted by molar-refractivity contribution is 7.78. The monoisotopic (exact) mass is 219 g/mol. The van der Waals surface area contributed by atoms with Gasteiger partial charge in [0.25, 0.3) is 0 Å². The van der Waals surface area contributed by atoms with E-state index in [0.717, 1.165) is 15.6 Å². The minimum Gasteiger partial charge on any atom is -0.358 e. The fourth-order valence-electron chi connectivity index (χ4n) is 1.24. The molecule has 1 heterocycles. The maximum absolute atomic E-state index is 10.5. The molecule has 5 heteroatoms. The SMILES string of the molecule is O=CN(S)C1=CNc2ccccc2C=N1. The first-order valence-corrected chi connectivity index (χ1v) is 4.74. The number of benzene rings is 1. The summed E-state index contributed by atoms with van der Waals surface area (Å²) in [6.07, 6.45) is 3.90. The lowest BCUT2D eigenvalue weighted by molar-refractivity contribution is -0.112. The van der Waals surface area contributed by atoms with Crippen LogP contribution in [0.3, 0.4) is 0 Å². The number of hydrogen-bond donors (Lipinski definition) is 2. The number of anilines is 1.